The lowest BCUT2D eigenvalue weighted by Gasteiger charge is -2.13. The molecule has 92 heavy (non-hydrogen) atoms. The summed E-state index contributed by atoms with van der Waals surface area (Å²) in [5.74, 6) is -14.1. The summed E-state index contributed by atoms with van der Waals surface area (Å²) in [5, 5.41) is 29.3. The number of carbonyl (C=O) groups excluding carboxylic acids is 4. The van der Waals surface area contributed by atoms with Gasteiger partial charge in [-0.15, -0.1) is 0 Å². The second-order valence-corrected chi connectivity index (χ2v) is 20.2. The van der Waals surface area contributed by atoms with Crippen LogP contribution < -0.4 is 16.7 Å². The Morgan fingerprint density at radius 2 is 0.707 bits per heavy atom. The number of pyridine rings is 3. The standard InChI is InChI=1S/C24H18F3NO5.C23H16F3NO5.C21H16F3NO2/c1-33-24(32)22(30)11-21(29)18-9-14(8-15-6-7-17(25)10-20(15)27)12-28(23(18)31)13-16-4-2-3-5-19(16)26;24-16-6-5-14(19(26)9-16)7-13-8-17(20(28)10-21(29)23(31)32)22(30)27(11-13)12-15-3-1-2-4-18(15)25;1-13(26)18-9-14(8-15-6-7-17(22)10-20(15)24)11-25(21(18)27)12-16-4-2-3-5-19(16)23/h2-7,9-12,29H,8,13H2,1H3;1-6,8-11,28H,7,12H2,(H,31,32);2-7,9-11H,8,12H2,1H3. The Morgan fingerprint density at radius 1 is 0.402 bits per heavy atom. The molecule has 15 nitrogen and oxygen atoms in total. The molecule has 3 N–H and O–H groups in total. The smallest absolute Gasteiger partial charge is 0.378 e. The molecule has 0 aliphatic heterocycles. The summed E-state index contributed by atoms with van der Waals surface area (Å²) in [6.07, 6.45) is 4.84. The molecular formula is C68H50F9N3O12. The van der Waals surface area contributed by atoms with Gasteiger partial charge >= 0.3 is 11.9 Å². The van der Waals surface area contributed by atoms with Crippen molar-refractivity contribution in [3.8, 4) is 0 Å². The second kappa shape index (κ2) is 30.7. The maximum Gasteiger partial charge on any atom is 0.378 e. The van der Waals surface area contributed by atoms with Crippen LogP contribution in [-0.2, 0) is 62.8 Å². The van der Waals surface area contributed by atoms with E-state index in [0.29, 0.717) is 41.0 Å². The molecule has 6 aromatic carbocycles. The highest BCUT2D eigenvalue weighted by molar-refractivity contribution is 6.39. The van der Waals surface area contributed by atoms with Gasteiger partial charge in [-0.1, -0.05) is 72.8 Å². The Kier molecular flexibility index (Phi) is 22.7. The van der Waals surface area contributed by atoms with E-state index >= 15 is 0 Å². The normalized spacial score (nSPS) is 11.2. The van der Waals surface area contributed by atoms with Crippen molar-refractivity contribution in [2.75, 3.05) is 7.11 Å². The third-order valence-corrected chi connectivity index (χ3v) is 13.6. The number of carbonyl (C=O) groups is 5. The van der Waals surface area contributed by atoms with Gasteiger partial charge < -0.3 is 33.8 Å². The van der Waals surface area contributed by atoms with E-state index in [4.69, 9.17) is 5.11 Å². The molecule has 0 spiro atoms. The van der Waals surface area contributed by atoms with E-state index in [2.05, 4.69) is 4.74 Å². The van der Waals surface area contributed by atoms with Crippen LogP contribution in [0, 0.1) is 52.4 Å². The van der Waals surface area contributed by atoms with E-state index in [0.717, 1.165) is 46.6 Å². The highest BCUT2D eigenvalue weighted by Gasteiger charge is 2.21. The molecule has 0 unspecified atom stereocenters. The molecule has 0 aliphatic rings. The van der Waals surface area contributed by atoms with Crippen molar-refractivity contribution in [1.82, 2.24) is 13.7 Å². The molecule has 9 aromatic rings. The largest absolute Gasteiger partial charge is 0.507 e. The average Bonchev–Trinajstić information content (AvgIpc) is 0.888. The minimum absolute atomic E-state index is 0.0595. The van der Waals surface area contributed by atoms with E-state index in [1.54, 1.807) is 24.3 Å². The predicted molar refractivity (Wildman–Crippen MR) is 317 cm³/mol. The highest BCUT2D eigenvalue weighted by atomic mass is 19.2. The van der Waals surface area contributed by atoms with Gasteiger partial charge in [-0.05, 0) is 94.9 Å². The minimum Gasteiger partial charge on any atom is -0.507 e. The molecule has 0 amide bonds. The zero-order valence-electron chi connectivity index (χ0n) is 48.2. The summed E-state index contributed by atoms with van der Waals surface area (Å²) in [7, 11) is 0.977. The Bertz CT molecular complexity index is 4590. The van der Waals surface area contributed by atoms with Crippen LogP contribution in [0.5, 0.6) is 0 Å². The number of hydrogen-bond donors (Lipinski definition) is 3. The van der Waals surface area contributed by atoms with Gasteiger partial charge in [-0.2, -0.15) is 0 Å². The van der Waals surface area contributed by atoms with Gasteiger partial charge in [0.05, 0.1) is 43.4 Å². The van der Waals surface area contributed by atoms with Gasteiger partial charge in [0.25, 0.3) is 28.2 Å². The summed E-state index contributed by atoms with van der Waals surface area (Å²) in [4.78, 5) is 95.5. The number of benzene rings is 6. The first kappa shape index (κ1) is 68.1. The number of ketones is 3. The first-order chi connectivity index (χ1) is 43.7. The van der Waals surface area contributed by atoms with E-state index in [-0.39, 0.29) is 83.4 Å². The molecule has 472 valence electrons. The lowest BCUT2D eigenvalue weighted by Crippen LogP contribution is -2.27. The number of methoxy groups -OCH3 is 1. The minimum atomic E-state index is -1.84. The first-order valence-corrected chi connectivity index (χ1v) is 27.1. The van der Waals surface area contributed by atoms with Crippen molar-refractivity contribution in [3.05, 3.63) is 327 Å². The van der Waals surface area contributed by atoms with Crippen molar-refractivity contribution < 1.29 is 83.5 Å². The Hall–Kier alpha value is -11.4. The maximum absolute atomic E-state index is 14.2. The summed E-state index contributed by atoms with van der Waals surface area (Å²) in [6, 6.07) is 30.3. The third-order valence-electron chi connectivity index (χ3n) is 13.6. The number of aliphatic hydroxyl groups excluding tert-OH is 2. The van der Waals surface area contributed by atoms with Crippen LogP contribution in [0.4, 0.5) is 39.5 Å². The SMILES string of the molecule is CC(=O)c1cc(Cc2ccc(F)cc2F)cn(Cc2ccccc2F)c1=O.COC(=O)C(=O)C=C(O)c1cc(Cc2ccc(F)cc2F)cn(Cc2ccccc2F)c1=O.O=C(O)C(=O)C=C(O)c1cc(Cc2ccc(F)cc2F)cn(Cc2ccccc2F)c1=O. The van der Waals surface area contributed by atoms with Crippen LogP contribution >= 0.6 is 0 Å². The second-order valence-electron chi connectivity index (χ2n) is 20.2. The number of carboxylic acids is 1. The molecule has 3 heterocycles. The Morgan fingerprint density at radius 3 is 1.00 bits per heavy atom. The van der Waals surface area contributed by atoms with Gasteiger partial charge in [0, 0.05) is 84.9 Å². The number of ether oxygens (including phenoxy) is 1. The number of esters is 1. The number of hydrogen-bond acceptors (Lipinski definition) is 11. The van der Waals surface area contributed by atoms with E-state index in [1.165, 1.54) is 109 Å². The molecule has 24 heteroatoms. The third kappa shape index (κ3) is 17.9. The van der Waals surface area contributed by atoms with Crippen LogP contribution in [-0.4, -0.2) is 65.4 Å². The van der Waals surface area contributed by atoms with Crippen LogP contribution in [0.3, 0.4) is 0 Å². The molecule has 0 aliphatic carbocycles. The van der Waals surface area contributed by atoms with Gasteiger partial charge in [-0.25, -0.2) is 49.1 Å². The number of aliphatic carboxylic acids is 1. The topological polar surface area (TPSA) is 221 Å². The van der Waals surface area contributed by atoms with Crippen molar-refractivity contribution >= 4 is 40.8 Å². The van der Waals surface area contributed by atoms with Crippen LogP contribution in [0.1, 0.15) is 78.5 Å². The molecule has 0 saturated carbocycles. The highest BCUT2D eigenvalue weighted by Crippen LogP contribution is 2.22. The van der Waals surface area contributed by atoms with Crippen LogP contribution in [0.2, 0.25) is 0 Å². The van der Waals surface area contributed by atoms with Crippen LogP contribution in [0.15, 0.2) is 191 Å². The molecule has 0 fully saturated rings. The number of aromatic nitrogens is 3. The van der Waals surface area contributed by atoms with Gasteiger partial charge in [0.15, 0.2) is 5.78 Å². The number of carboxylic acid groups (broad SMARTS) is 1. The van der Waals surface area contributed by atoms with Crippen LogP contribution in [0.25, 0.3) is 11.5 Å². The quantitative estimate of drug-likeness (QED) is 0.0172. The molecule has 3 aromatic heterocycles. The maximum atomic E-state index is 14.2. The molecular weight excluding hydrogens is 1220 g/mol. The molecule has 0 bridgehead atoms. The zero-order valence-corrected chi connectivity index (χ0v) is 48.2. The number of aliphatic hydroxyl groups is 2. The lowest BCUT2D eigenvalue weighted by atomic mass is 10.0. The number of rotatable bonds is 19. The fourth-order valence-electron chi connectivity index (χ4n) is 9.07. The number of Topliss-reactive ketones (excluding diaryl/α,β-unsaturated/α-hetero) is 1. The van der Waals surface area contributed by atoms with Gasteiger partial charge in [0.1, 0.15) is 63.9 Å². The zero-order chi connectivity index (χ0) is 67.1. The van der Waals surface area contributed by atoms with E-state index in [9.17, 15) is 88.1 Å². The monoisotopic (exact) mass is 1270 g/mol. The van der Waals surface area contributed by atoms with E-state index < -0.39 is 115 Å². The molecule has 0 atom stereocenters. The predicted octanol–water partition coefficient (Wildman–Crippen LogP) is 11.1. The summed E-state index contributed by atoms with van der Waals surface area (Å²) in [5.41, 5.74) is -0.952. The number of halogens is 9. The first-order valence-electron chi connectivity index (χ1n) is 27.1. The summed E-state index contributed by atoms with van der Waals surface area (Å²) < 4.78 is 132. The molecule has 0 saturated heterocycles. The Balaban J connectivity index is 0.000000197. The molecule has 9 rings (SSSR count). The summed E-state index contributed by atoms with van der Waals surface area (Å²) >= 11 is 0. The summed E-state index contributed by atoms with van der Waals surface area (Å²) in [6.45, 7) is 0.715. The number of nitrogens with zero attached hydrogens (tertiary/aromatic N) is 3. The van der Waals surface area contributed by atoms with Crippen molar-refractivity contribution in [2.24, 2.45) is 0 Å². The van der Waals surface area contributed by atoms with E-state index in [1.807, 2.05) is 0 Å². The van der Waals surface area contributed by atoms with Crippen molar-refractivity contribution in [2.45, 2.75) is 45.8 Å². The lowest BCUT2D eigenvalue weighted by molar-refractivity contribution is -0.149. The fourth-order valence-corrected chi connectivity index (χ4v) is 9.07. The fraction of sp³-hybridized carbons (Fsp3) is 0.118. The van der Waals surface area contributed by atoms with Crippen molar-refractivity contribution in [3.63, 3.8) is 0 Å². The average molecular weight is 1270 g/mol. The molecule has 0 radical (unpaired) electrons. The Labute approximate surface area is 515 Å². The van der Waals surface area contributed by atoms with Crippen molar-refractivity contribution in [1.29, 1.82) is 0 Å². The van der Waals surface area contributed by atoms with Gasteiger partial charge in [0.2, 0.25) is 0 Å². The van der Waals surface area contributed by atoms with Gasteiger partial charge in [-0.3, -0.25) is 28.8 Å².